The summed E-state index contributed by atoms with van der Waals surface area (Å²) in [4.78, 5) is 21.9. The van der Waals surface area contributed by atoms with Crippen LogP contribution >= 0.6 is 0 Å². The predicted octanol–water partition coefficient (Wildman–Crippen LogP) is 2.98. The van der Waals surface area contributed by atoms with Crippen LogP contribution in [0.25, 0.3) is 0 Å². The molecule has 1 saturated carbocycles. The minimum Gasteiger partial charge on any atom is -0.483 e. The van der Waals surface area contributed by atoms with E-state index in [9.17, 15) is 4.79 Å². The summed E-state index contributed by atoms with van der Waals surface area (Å²) in [5, 5.41) is 9.03. The Bertz CT molecular complexity index is 1020. The number of aromatic carboxylic acids is 1. The van der Waals surface area contributed by atoms with Crippen molar-refractivity contribution < 1.29 is 19.1 Å². The molecule has 0 amide bonds. The Morgan fingerprint density at radius 3 is 2.70 bits per heavy atom. The number of hydrogen-bond acceptors (Lipinski definition) is 8. The molecular formula is C21H25N5O4. The van der Waals surface area contributed by atoms with Gasteiger partial charge in [0.05, 0.1) is 5.69 Å². The third-order valence-electron chi connectivity index (χ3n) is 5.45. The Balaban J connectivity index is 1.68. The minimum absolute atomic E-state index is 0.0760. The number of carbonyl (C=O) groups is 1. The van der Waals surface area contributed by atoms with E-state index < -0.39 is 11.6 Å². The average molecular weight is 411 g/mol. The zero-order valence-electron chi connectivity index (χ0n) is 16.8. The zero-order chi connectivity index (χ0) is 21.3. The van der Waals surface area contributed by atoms with Crippen molar-refractivity contribution in [2.75, 3.05) is 4.90 Å². The van der Waals surface area contributed by atoms with Crippen LogP contribution in [0, 0.1) is 6.92 Å². The summed E-state index contributed by atoms with van der Waals surface area (Å²) in [7, 11) is 0. The Morgan fingerprint density at radius 2 is 2.00 bits per heavy atom. The molecule has 0 unspecified atom stereocenters. The summed E-state index contributed by atoms with van der Waals surface area (Å²) in [5.41, 5.74) is 13.5. The first-order chi connectivity index (χ1) is 14.4. The highest BCUT2D eigenvalue weighted by Gasteiger charge is 2.43. The first-order valence-corrected chi connectivity index (χ1v) is 9.93. The first kappa shape index (κ1) is 19.8. The number of nitrogens with two attached hydrogens (primary N) is 2. The molecule has 2 heterocycles. The third-order valence-corrected chi connectivity index (χ3v) is 5.45. The minimum atomic E-state index is -1.12. The van der Waals surface area contributed by atoms with Gasteiger partial charge < -0.3 is 25.7 Å². The van der Waals surface area contributed by atoms with Gasteiger partial charge >= 0.3 is 5.97 Å². The van der Waals surface area contributed by atoms with E-state index in [2.05, 4.69) is 4.99 Å². The number of hydrogen-bond donors (Lipinski definition) is 3. The van der Waals surface area contributed by atoms with Gasteiger partial charge in [0.15, 0.2) is 0 Å². The van der Waals surface area contributed by atoms with Crippen molar-refractivity contribution in [1.82, 2.24) is 0 Å². The van der Waals surface area contributed by atoms with E-state index >= 15 is 0 Å². The molecule has 1 aromatic heterocycles. The molecule has 2 aliphatic rings. The molecule has 0 bridgehead atoms. The lowest BCUT2D eigenvalue weighted by Crippen LogP contribution is -2.58. The van der Waals surface area contributed by atoms with Crippen LogP contribution in [0.5, 0.6) is 5.75 Å². The van der Waals surface area contributed by atoms with Gasteiger partial charge in [-0.15, -0.1) is 0 Å². The van der Waals surface area contributed by atoms with Crippen molar-refractivity contribution in [1.29, 1.82) is 0 Å². The first-order valence-electron chi connectivity index (χ1n) is 9.93. The lowest BCUT2D eigenvalue weighted by atomic mass is 9.87. The van der Waals surface area contributed by atoms with Crippen molar-refractivity contribution in [3.8, 4) is 5.75 Å². The predicted molar refractivity (Wildman–Crippen MR) is 113 cm³/mol. The largest absolute Gasteiger partial charge is 0.483 e. The molecule has 4 rings (SSSR count). The van der Waals surface area contributed by atoms with Crippen LogP contribution in [0.3, 0.4) is 0 Å². The maximum absolute atomic E-state index is 11.0. The normalized spacial score (nSPS) is 18.1. The quantitative estimate of drug-likeness (QED) is 0.687. The number of anilines is 1. The number of rotatable bonds is 5. The van der Waals surface area contributed by atoms with Gasteiger partial charge in [-0.1, -0.05) is 12.5 Å². The van der Waals surface area contributed by atoms with Gasteiger partial charge in [-0.25, -0.2) is 9.79 Å². The Labute approximate surface area is 174 Å². The van der Waals surface area contributed by atoms with Crippen LogP contribution in [0.15, 0.2) is 44.7 Å². The molecule has 1 aliphatic carbocycles. The van der Waals surface area contributed by atoms with Crippen LogP contribution in [0.2, 0.25) is 0 Å². The summed E-state index contributed by atoms with van der Waals surface area (Å²) in [6.45, 7) is 2.06. The topological polar surface area (TPSA) is 140 Å². The summed E-state index contributed by atoms with van der Waals surface area (Å²) >= 11 is 0. The van der Waals surface area contributed by atoms with Gasteiger partial charge in [0.2, 0.25) is 17.7 Å². The maximum atomic E-state index is 11.0. The standard InChI is InChI=1S/C21H25N5O4/c1-13-5-7-16(29-12-14-6-8-17(30-14)18(27)28)15(11-13)26-20(23)24-19(22)25-21(26)9-3-2-4-10-21/h5-8,11H,2-4,9-10,12H2,1H3,(H,27,28)(H4,22,23,24,25). The molecule has 1 aromatic carbocycles. The third kappa shape index (κ3) is 3.70. The second kappa shape index (κ2) is 7.74. The second-order valence-corrected chi connectivity index (χ2v) is 7.65. The van der Waals surface area contributed by atoms with E-state index in [1.165, 1.54) is 6.07 Å². The van der Waals surface area contributed by atoms with Gasteiger partial charge in [-0.3, -0.25) is 4.90 Å². The van der Waals surface area contributed by atoms with Gasteiger partial charge in [-0.05, 0) is 62.4 Å². The van der Waals surface area contributed by atoms with Crippen molar-refractivity contribution in [2.24, 2.45) is 21.5 Å². The highest BCUT2D eigenvalue weighted by Crippen LogP contribution is 2.43. The number of benzene rings is 1. The number of carboxylic acid groups (broad SMARTS) is 1. The van der Waals surface area contributed by atoms with Crippen LogP contribution < -0.4 is 21.1 Å². The summed E-state index contributed by atoms with van der Waals surface area (Å²) in [5.74, 6) is 0.213. The molecule has 5 N–H and O–H groups in total. The summed E-state index contributed by atoms with van der Waals surface area (Å²) in [6.07, 6.45) is 4.82. The summed E-state index contributed by atoms with van der Waals surface area (Å²) in [6, 6.07) is 8.77. The van der Waals surface area contributed by atoms with Crippen molar-refractivity contribution in [2.45, 2.75) is 51.3 Å². The number of ether oxygens (including phenoxy) is 1. The molecule has 158 valence electrons. The molecule has 1 spiro atoms. The van der Waals surface area contributed by atoms with Crippen LogP contribution in [-0.2, 0) is 6.61 Å². The number of aliphatic imine (C=N–C) groups is 2. The molecular weight excluding hydrogens is 386 g/mol. The second-order valence-electron chi connectivity index (χ2n) is 7.65. The monoisotopic (exact) mass is 411 g/mol. The molecule has 1 aliphatic heterocycles. The smallest absolute Gasteiger partial charge is 0.371 e. The Morgan fingerprint density at radius 1 is 1.23 bits per heavy atom. The van der Waals surface area contributed by atoms with E-state index in [-0.39, 0.29) is 24.3 Å². The molecule has 1 fully saturated rings. The lowest BCUT2D eigenvalue weighted by Gasteiger charge is -2.46. The molecule has 2 aromatic rings. The lowest BCUT2D eigenvalue weighted by molar-refractivity contribution is 0.0658. The molecule has 30 heavy (non-hydrogen) atoms. The maximum Gasteiger partial charge on any atom is 0.371 e. The fraction of sp³-hybridized carbons (Fsp3) is 0.381. The molecule has 9 nitrogen and oxygen atoms in total. The van der Waals surface area contributed by atoms with Gasteiger partial charge in [0, 0.05) is 0 Å². The zero-order valence-corrected chi connectivity index (χ0v) is 16.8. The highest BCUT2D eigenvalue weighted by molar-refractivity contribution is 6.06. The fourth-order valence-electron chi connectivity index (χ4n) is 4.11. The van der Waals surface area contributed by atoms with E-state index in [4.69, 9.17) is 30.7 Å². The Kier molecular flexibility index (Phi) is 5.11. The van der Waals surface area contributed by atoms with Gasteiger partial charge in [-0.2, -0.15) is 4.99 Å². The van der Waals surface area contributed by atoms with Crippen LogP contribution in [-0.4, -0.2) is 28.7 Å². The Hall–Kier alpha value is -3.49. The number of guanidine groups is 2. The molecule has 0 radical (unpaired) electrons. The van der Waals surface area contributed by atoms with Crippen molar-refractivity contribution in [3.63, 3.8) is 0 Å². The number of aryl methyl sites for hydroxylation is 1. The van der Waals surface area contributed by atoms with E-state index in [1.807, 2.05) is 30.0 Å². The molecule has 0 atom stereocenters. The summed E-state index contributed by atoms with van der Waals surface area (Å²) < 4.78 is 11.3. The molecule has 9 heteroatoms. The molecule has 0 saturated heterocycles. The van der Waals surface area contributed by atoms with Crippen LogP contribution in [0.1, 0.15) is 54.0 Å². The van der Waals surface area contributed by atoms with E-state index in [0.29, 0.717) is 11.5 Å². The highest BCUT2D eigenvalue weighted by atomic mass is 16.5. The fourth-order valence-corrected chi connectivity index (χ4v) is 4.11. The van der Waals surface area contributed by atoms with E-state index in [1.54, 1.807) is 6.07 Å². The van der Waals surface area contributed by atoms with E-state index in [0.717, 1.165) is 43.4 Å². The van der Waals surface area contributed by atoms with Gasteiger partial charge in [0.25, 0.3) is 0 Å². The van der Waals surface area contributed by atoms with Crippen molar-refractivity contribution in [3.05, 3.63) is 47.4 Å². The number of carboxylic acids is 1. The number of nitrogens with zero attached hydrogens (tertiary/aromatic N) is 3. The SMILES string of the molecule is Cc1ccc(OCc2ccc(C(=O)O)o2)c(N2C(N)=NC(N)=NC23CCCCC3)c1. The number of furan rings is 1. The van der Waals surface area contributed by atoms with Crippen LogP contribution in [0.4, 0.5) is 5.69 Å². The van der Waals surface area contributed by atoms with Gasteiger partial charge in [0.1, 0.15) is 23.8 Å². The van der Waals surface area contributed by atoms with Crippen molar-refractivity contribution >= 4 is 23.6 Å². The average Bonchev–Trinajstić information content (AvgIpc) is 3.17.